The second-order valence-corrected chi connectivity index (χ2v) is 7.86. The maximum Gasteiger partial charge on any atom is 0.319 e. The highest BCUT2D eigenvalue weighted by molar-refractivity contribution is 7.92. The zero-order valence-electron chi connectivity index (χ0n) is 13.7. The molecule has 2 rings (SSSR count). The standard InChI is InChI=1S/C16H20N4O3S/c1-16(2,3)19-15(21)18-12-7-9-13(10-8-12)24(22,23)20-14-6-4-5-11-17-14/h4-11H,1-3H3,(H,17,20)(H2,18,19,21). The van der Waals surface area contributed by atoms with Crippen LogP contribution in [0.5, 0.6) is 0 Å². The number of anilines is 2. The molecule has 8 heteroatoms. The van der Waals surface area contributed by atoms with Gasteiger partial charge in [-0.2, -0.15) is 0 Å². The van der Waals surface area contributed by atoms with Crippen molar-refractivity contribution in [3.05, 3.63) is 48.7 Å². The van der Waals surface area contributed by atoms with Gasteiger partial charge in [0.05, 0.1) is 4.90 Å². The van der Waals surface area contributed by atoms with E-state index in [9.17, 15) is 13.2 Å². The first kappa shape index (κ1) is 17.7. The number of aromatic nitrogens is 1. The number of hydrogen-bond donors (Lipinski definition) is 3. The molecule has 0 aliphatic rings. The number of pyridine rings is 1. The highest BCUT2D eigenvalue weighted by atomic mass is 32.2. The van der Waals surface area contributed by atoms with Crippen molar-refractivity contribution < 1.29 is 13.2 Å². The number of sulfonamides is 1. The monoisotopic (exact) mass is 348 g/mol. The molecular formula is C16H20N4O3S. The maximum atomic E-state index is 12.3. The maximum absolute atomic E-state index is 12.3. The Morgan fingerprint density at radius 1 is 1.04 bits per heavy atom. The summed E-state index contributed by atoms with van der Waals surface area (Å²) in [7, 11) is -3.73. The zero-order chi connectivity index (χ0) is 17.8. The summed E-state index contributed by atoms with van der Waals surface area (Å²) < 4.78 is 26.9. The Kier molecular flexibility index (Phi) is 5.08. The topological polar surface area (TPSA) is 100 Å². The Balaban J connectivity index is 2.07. The Labute approximate surface area is 141 Å². The molecule has 1 aromatic heterocycles. The lowest BCUT2D eigenvalue weighted by atomic mass is 10.1. The SMILES string of the molecule is CC(C)(C)NC(=O)Nc1ccc(S(=O)(=O)Nc2ccccn2)cc1. The van der Waals surface area contributed by atoms with Crippen molar-refractivity contribution in [2.75, 3.05) is 10.0 Å². The van der Waals surface area contributed by atoms with Crippen LogP contribution in [0.3, 0.4) is 0 Å². The number of urea groups is 1. The van der Waals surface area contributed by atoms with E-state index >= 15 is 0 Å². The summed E-state index contributed by atoms with van der Waals surface area (Å²) in [6.07, 6.45) is 1.50. The molecule has 0 unspecified atom stereocenters. The van der Waals surface area contributed by atoms with E-state index in [2.05, 4.69) is 20.3 Å². The van der Waals surface area contributed by atoms with E-state index in [0.29, 0.717) is 5.69 Å². The molecular weight excluding hydrogens is 328 g/mol. The van der Waals surface area contributed by atoms with E-state index in [4.69, 9.17) is 0 Å². The number of benzene rings is 1. The fourth-order valence-corrected chi connectivity index (χ4v) is 2.85. The summed E-state index contributed by atoms with van der Waals surface area (Å²) in [4.78, 5) is 15.8. The summed E-state index contributed by atoms with van der Waals surface area (Å²) in [6.45, 7) is 5.60. The van der Waals surface area contributed by atoms with Crippen molar-refractivity contribution in [2.45, 2.75) is 31.2 Å². The molecule has 7 nitrogen and oxygen atoms in total. The highest BCUT2D eigenvalue weighted by Crippen LogP contribution is 2.17. The van der Waals surface area contributed by atoms with Gasteiger partial charge >= 0.3 is 6.03 Å². The molecule has 0 aliphatic carbocycles. The van der Waals surface area contributed by atoms with Crippen LogP contribution in [0, 0.1) is 0 Å². The van der Waals surface area contributed by atoms with Gasteiger partial charge in [0.1, 0.15) is 5.82 Å². The molecule has 0 saturated carbocycles. The molecule has 2 aromatic rings. The van der Waals surface area contributed by atoms with Gasteiger partial charge in [-0.3, -0.25) is 4.72 Å². The molecule has 3 N–H and O–H groups in total. The summed E-state index contributed by atoms with van der Waals surface area (Å²) in [6, 6.07) is 10.5. The van der Waals surface area contributed by atoms with Crippen molar-refractivity contribution in [3.8, 4) is 0 Å². The van der Waals surface area contributed by atoms with Crippen LogP contribution < -0.4 is 15.4 Å². The lowest BCUT2D eigenvalue weighted by Crippen LogP contribution is -2.43. The van der Waals surface area contributed by atoms with Gasteiger partial charge < -0.3 is 10.6 Å². The van der Waals surface area contributed by atoms with Gasteiger partial charge in [0.15, 0.2) is 0 Å². The highest BCUT2D eigenvalue weighted by Gasteiger charge is 2.16. The van der Waals surface area contributed by atoms with Gasteiger partial charge in [-0.15, -0.1) is 0 Å². The van der Waals surface area contributed by atoms with Crippen molar-refractivity contribution in [3.63, 3.8) is 0 Å². The van der Waals surface area contributed by atoms with E-state index in [1.807, 2.05) is 20.8 Å². The minimum atomic E-state index is -3.73. The number of hydrogen-bond acceptors (Lipinski definition) is 4. The third kappa shape index (κ3) is 5.24. The summed E-state index contributed by atoms with van der Waals surface area (Å²) in [5.41, 5.74) is 0.133. The van der Waals surface area contributed by atoms with Crippen LogP contribution in [0.4, 0.5) is 16.3 Å². The van der Waals surface area contributed by atoms with E-state index in [0.717, 1.165) is 0 Å². The van der Waals surface area contributed by atoms with E-state index in [-0.39, 0.29) is 22.3 Å². The Morgan fingerprint density at radius 2 is 1.71 bits per heavy atom. The Morgan fingerprint density at radius 3 is 2.25 bits per heavy atom. The Bertz CT molecular complexity index is 797. The molecule has 0 bridgehead atoms. The molecule has 1 heterocycles. The lowest BCUT2D eigenvalue weighted by molar-refractivity contribution is 0.244. The predicted octanol–water partition coefficient (Wildman–Crippen LogP) is 2.80. The number of amides is 2. The molecule has 24 heavy (non-hydrogen) atoms. The van der Waals surface area contributed by atoms with Gasteiger partial charge in [-0.25, -0.2) is 18.2 Å². The molecule has 0 aliphatic heterocycles. The van der Waals surface area contributed by atoms with Crippen molar-refractivity contribution in [1.29, 1.82) is 0 Å². The number of carbonyl (C=O) groups excluding carboxylic acids is 1. The van der Waals surface area contributed by atoms with Crippen LogP contribution in [0.2, 0.25) is 0 Å². The fourth-order valence-electron chi connectivity index (χ4n) is 1.84. The number of nitrogens with one attached hydrogen (secondary N) is 3. The molecule has 1 aromatic carbocycles. The van der Waals surface area contributed by atoms with E-state index < -0.39 is 10.0 Å². The molecule has 0 spiro atoms. The quantitative estimate of drug-likeness (QED) is 0.791. The van der Waals surface area contributed by atoms with E-state index in [1.165, 1.54) is 30.5 Å². The molecule has 0 fully saturated rings. The molecule has 128 valence electrons. The van der Waals surface area contributed by atoms with Crippen molar-refractivity contribution >= 4 is 27.6 Å². The van der Waals surface area contributed by atoms with Gasteiger partial charge in [0.2, 0.25) is 0 Å². The van der Waals surface area contributed by atoms with Gasteiger partial charge in [-0.1, -0.05) is 6.07 Å². The van der Waals surface area contributed by atoms with Crippen LogP contribution in [0.15, 0.2) is 53.6 Å². The molecule has 0 atom stereocenters. The van der Waals surface area contributed by atoms with Gasteiger partial charge in [0.25, 0.3) is 10.0 Å². The van der Waals surface area contributed by atoms with Gasteiger partial charge in [0, 0.05) is 17.4 Å². The second-order valence-electron chi connectivity index (χ2n) is 6.17. The Hall–Kier alpha value is -2.61. The largest absolute Gasteiger partial charge is 0.333 e. The first-order valence-corrected chi connectivity index (χ1v) is 8.77. The summed E-state index contributed by atoms with van der Waals surface area (Å²) >= 11 is 0. The molecule has 2 amide bonds. The molecule has 0 radical (unpaired) electrons. The minimum absolute atomic E-state index is 0.0786. The van der Waals surface area contributed by atoms with Crippen LogP contribution >= 0.6 is 0 Å². The van der Waals surface area contributed by atoms with Crippen LogP contribution in [-0.2, 0) is 10.0 Å². The first-order chi connectivity index (χ1) is 11.2. The lowest BCUT2D eigenvalue weighted by Gasteiger charge is -2.20. The second kappa shape index (κ2) is 6.88. The van der Waals surface area contributed by atoms with Crippen LogP contribution in [0.1, 0.15) is 20.8 Å². The average Bonchev–Trinajstić information content (AvgIpc) is 2.46. The average molecular weight is 348 g/mol. The third-order valence-electron chi connectivity index (χ3n) is 2.81. The summed E-state index contributed by atoms with van der Waals surface area (Å²) in [5.74, 6) is 0.240. The van der Waals surface area contributed by atoms with Crippen molar-refractivity contribution in [1.82, 2.24) is 10.3 Å². The van der Waals surface area contributed by atoms with Gasteiger partial charge in [-0.05, 0) is 57.2 Å². The summed E-state index contributed by atoms with van der Waals surface area (Å²) in [5, 5.41) is 5.41. The number of rotatable bonds is 4. The number of carbonyl (C=O) groups is 1. The third-order valence-corrected chi connectivity index (χ3v) is 4.19. The van der Waals surface area contributed by atoms with Crippen LogP contribution in [0.25, 0.3) is 0 Å². The minimum Gasteiger partial charge on any atom is -0.333 e. The molecule has 0 saturated heterocycles. The van der Waals surface area contributed by atoms with E-state index in [1.54, 1.807) is 18.2 Å². The normalized spacial score (nSPS) is 11.6. The van der Waals surface area contributed by atoms with Crippen molar-refractivity contribution in [2.24, 2.45) is 0 Å². The van der Waals surface area contributed by atoms with Crippen LogP contribution in [-0.4, -0.2) is 25.0 Å². The smallest absolute Gasteiger partial charge is 0.319 e. The fraction of sp³-hybridized carbons (Fsp3) is 0.250. The predicted molar refractivity (Wildman–Crippen MR) is 93.4 cm³/mol. The first-order valence-electron chi connectivity index (χ1n) is 7.29. The number of nitrogens with zero attached hydrogens (tertiary/aromatic N) is 1. The zero-order valence-corrected chi connectivity index (χ0v) is 14.5.